The fourth-order valence-corrected chi connectivity index (χ4v) is 1.49. The van der Waals surface area contributed by atoms with Crippen LogP contribution in [0.2, 0.25) is 0 Å². The summed E-state index contributed by atoms with van der Waals surface area (Å²) >= 11 is 0. The van der Waals surface area contributed by atoms with Crippen molar-refractivity contribution in [3.8, 4) is 0 Å². The second-order valence-corrected chi connectivity index (χ2v) is 3.01. The van der Waals surface area contributed by atoms with Crippen LogP contribution < -0.4 is 0 Å². The van der Waals surface area contributed by atoms with Crippen LogP contribution in [-0.4, -0.2) is 12.1 Å². The number of aromatic nitrogens is 1. The zero-order chi connectivity index (χ0) is 9.26. The Bertz CT molecular complexity index is 405. The summed E-state index contributed by atoms with van der Waals surface area (Å²) in [5.41, 5.74) is 2.24. The third-order valence-electron chi connectivity index (χ3n) is 2.25. The molecule has 13 heavy (non-hydrogen) atoms. The molecule has 1 N–H and O–H groups in total. The number of para-hydroxylation sites is 1. The van der Waals surface area contributed by atoms with E-state index in [-0.39, 0.29) is 6.10 Å². The lowest BCUT2D eigenvalue weighted by molar-refractivity contribution is 0.142. The molecule has 1 aromatic carbocycles. The average molecular weight is 174 g/mol. The van der Waals surface area contributed by atoms with Crippen LogP contribution in [0, 0.1) is 6.92 Å². The Morgan fingerprint density at radius 2 is 2.15 bits per heavy atom. The van der Waals surface area contributed by atoms with Gasteiger partial charge >= 0.3 is 0 Å². The summed E-state index contributed by atoms with van der Waals surface area (Å²) in [7, 11) is 1.67. The number of hydrogen-bond donors (Lipinski definition) is 1. The maximum atomic E-state index is 5.17. The van der Waals surface area contributed by atoms with Crippen LogP contribution in [0.4, 0.5) is 0 Å². The summed E-state index contributed by atoms with van der Waals surface area (Å²) in [5.74, 6) is 0. The minimum absolute atomic E-state index is 0.101. The predicted molar refractivity (Wildman–Crippen MR) is 53.4 cm³/mol. The van der Waals surface area contributed by atoms with Crippen molar-refractivity contribution in [2.24, 2.45) is 0 Å². The number of nitrogens with one attached hydrogen (secondary N) is 1. The Morgan fingerprint density at radius 1 is 1.38 bits per heavy atom. The lowest BCUT2D eigenvalue weighted by Gasteiger charge is -2.06. The highest BCUT2D eigenvalue weighted by Gasteiger charge is 2.08. The average Bonchev–Trinajstić information content (AvgIpc) is 2.60. The van der Waals surface area contributed by atoms with Crippen molar-refractivity contribution < 1.29 is 4.74 Å². The Hall–Kier alpha value is -1.28. The third kappa shape index (κ3) is 1.33. The molecule has 2 nitrogen and oxygen atoms in total. The van der Waals surface area contributed by atoms with E-state index in [1.807, 2.05) is 24.4 Å². The summed E-state index contributed by atoms with van der Waals surface area (Å²) in [6.45, 7) is 3.91. The Kier molecular flexibility index (Phi) is 2.07. The van der Waals surface area contributed by atoms with E-state index in [9.17, 15) is 0 Å². The molecule has 0 amide bonds. The number of benzene rings is 1. The monoisotopic (exact) mass is 174 g/mol. The lowest BCUT2D eigenvalue weighted by atomic mass is 10.1. The van der Waals surface area contributed by atoms with Crippen LogP contribution in [-0.2, 0) is 4.74 Å². The largest absolute Gasteiger partial charge is 0.377 e. The highest BCUT2D eigenvalue weighted by atomic mass is 16.5. The fraction of sp³-hybridized carbons (Fsp3) is 0.182. The number of fused-ring (bicyclic) bond motifs is 1. The van der Waals surface area contributed by atoms with E-state index in [4.69, 9.17) is 4.74 Å². The first-order valence-corrected chi connectivity index (χ1v) is 4.25. The number of hydrogen-bond acceptors (Lipinski definition) is 1. The highest BCUT2D eigenvalue weighted by Crippen LogP contribution is 2.24. The quantitative estimate of drug-likeness (QED) is 0.744. The van der Waals surface area contributed by atoms with Gasteiger partial charge in [0.25, 0.3) is 0 Å². The molecule has 1 unspecified atom stereocenters. The van der Waals surface area contributed by atoms with Crippen molar-refractivity contribution in [2.75, 3.05) is 7.11 Å². The third-order valence-corrected chi connectivity index (χ3v) is 2.25. The maximum absolute atomic E-state index is 5.17. The van der Waals surface area contributed by atoms with Crippen molar-refractivity contribution in [1.82, 2.24) is 4.98 Å². The van der Waals surface area contributed by atoms with E-state index in [0.29, 0.717) is 0 Å². The molecule has 0 saturated carbocycles. The van der Waals surface area contributed by atoms with Crippen molar-refractivity contribution in [3.05, 3.63) is 42.9 Å². The van der Waals surface area contributed by atoms with Gasteiger partial charge in [-0.25, -0.2) is 0 Å². The van der Waals surface area contributed by atoms with Crippen LogP contribution >= 0.6 is 0 Å². The molecular formula is C11H12NO. The molecule has 1 atom stereocenters. The smallest absolute Gasteiger partial charge is 0.0842 e. The van der Waals surface area contributed by atoms with Crippen molar-refractivity contribution >= 4 is 10.9 Å². The zero-order valence-electron chi connectivity index (χ0n) is 7.58. The molecule has 0 bridgehead atoms. The van der Waals surface area contributed by atoms with Gasteiger partial charge in [-0.05, 0) is 13.0 Å². The number of ether oxygens (including phenoxy) is 1. The van der Waals surface area contributed by atoms with Gasteiger partial charge in [-0.3, -0.25) is 0 Å². The van der Waals surface area contributed by atoms with Crippen LogP contribution in [0.15, 0.2) is 30.5 Å². The molecule has 2 aromatic rings. The molecular weight excluding hydrogens is 162 g/mol. The van der Waals surface area contributed by atoms with Crippen LogP contribution in [0.1, 0.15) is 11.7 Å². The van der Waals surface area contributed by atoms with E-state index >= 15 is 0 Å². The van der Waals surface area contributed by atoms with Gasteiger partial charge in [0.15, 0.2) is 0 Å². The first-order valence-electron chi connectivity index (χ1n) is 4.25. The van der Waals surface area contributed by atoms with Gasteiger partial charge in [-0.15, -0.1) is 0 Å². The normalized spacial score (nSPS) is 13.4. The van der Waals surface area contributed by atoms with Gasteiger partial charge in [-0.1, -0.05) is 18.2 Å². The van der Waals surface area contributed by atoms with Gasteiger partial charge in [-0.2, -0.15) is 0 Å². The number of H-pyrrole nitrogens is 1. The highest BCUT2D eigenvalue weighted by molar-refractivity contribution is 5.83. The molecule has 67 valence electrons. The summed E-state index contributed by atoms with van der Waals surface area (Å²) in [6, 6.07) is 8.13. The standard InChI is InChI=1S/C11H12NO/c1-8(13-2)10-7-12-11-6-4-3-5-9(10)11/h3-8,12H,1H2,2H3. The molecule has 1 aromatic heterocycles. The SMILES string of the molecule is [CH2]C(OC)c1c[nH]c2ccccc12. The molecule has 0 fully saturated rings. The molecule has 2 rings (SSSR count). The Morgan fingerprint density at radius 3 is 2.92 bits per heavy atom. The van der Waals surface area contributed by atoms with Crippen LogP contribution in [0.25, 0.3) is 10.9 Å². The molecule has 0 aliphatic rings. The molecule has 0 spiro atoms. The van der Waals surface area contributed by atoms with E-state index in [0.717, 1.165) is 11.1 Å². The molecule has 2 heteroatoms. The number of methoxy groups -OCH3 is 1. The first-order chi connectivity index (χ1) is 6.33. The second kappa shape index (κ2) is 3.23. The van der Waals surface area contributed by atoms with Crippen LogP contribution in [0.3, 0.4) is 0 Å². The summed E-state index contributed by atoms with van der Waals surface area (Å²) in [4.78, 5) is 3.18. The summed E-state index contributed by atoms with van der Waals surface area (Å²) < 4.78 is 5.17. The van der Waals surface area contributed by atoms with Gasteiger partial charge in [0, 0.05) is 29.8 Å². The van der Waals surface area contributed by atoms with Gasteiger partial charge in [0.05, 0.1) is 6.10 Å². The fourth-order valence-electron chi connectivity index (χ4n) is 1.49. The van der Waals surface area contributed by atoms with E-state index in [1.54, 1.807) is 7.11 Å². The van der Waals surface area contributed by atoms with Gasteiger partial charge in [0.2, 0.25) is 0 Å². The van der Waals surface area contributed by atoms with Crippen molar-refractivity contribution in [2.45, 2.75) is 6.10 Å². The van der Waals surface area contributed by atoms with E-state index < -0.39 is 0 Å². The Balaban J connectivity index is 2.57. The second-order valence-electron chi connectivity index (χ2n) is 3.01. The molecule has 0 aliphatic heterocycles. The van der Waals surface area contributed by atoms with Crippen molar-refractivity contribution in [3.63, 3.8) is 0 Å². The molecule has 0 aliphatic carbocycles. The first kappa shape index (κ1) is 8.32. The molecule has 1 heterocycles. The topological polar surface area (TPSA) is 25.0 Å². The maximum Gasteiger partial charge on any atom is 0.0842 e. The Labute approximate surface area is 77.5 Å². The lowest BCUT2D eigenvalue weighted by Crippen LogP contribution is -1.93. The summed E-state index contributed by atoms with van der Waals surface area (Å²) in [6.07, 6.45) is 1.85. The number of aromatic amines is 1. The van der Waals surface area contributed by atoms with Crippen LogP contribution in [0.5, 0.6) is 0 Å². The minimum atomic E-state index is -0.101. The predicted octanol–water partition coefficient (Wildman–Crippen LogP) is 2.69. The number of rotatable bonds is 2. The molecule has 1 radical (unpaired) electrons. The van der Waals surface area contributed by atoms with Crippen molar-refractivity contribution in [1.29, 1.82) is 0 Å². The van der Waals surface area contributed by atoms with E-state index in [2.05, 4.69) is 18.0 Å². The molecule has 0 saturated heterocycles. The van der Waals surface area contributed by atoms with E-state index in [1.165, 1.54) is 5.39 Å². The minimum Gasteiger partial charge on any atom is -0.377 e. The zero-order valence-corrected chi connectivity index (χ0v) is 7.58. The summed E-state index contributed by atoms with van der Waals surface area (Å²) in [5, 5.41) is 1.18. The van der Waals surface area contributed by atoms with Gasteiger partial charge < -0.3 is 9.72 Å². The van der Waals surface area contributed by atoms with Gasteiger partial charge in [0.1, 0.15) is 0 Å².